The highest BCUT2D eigenvalue weighted by molar-refractivity contribution is 7.89. The van der Waals surface area contributed by atoms with Crippen LogP contribution in [0.5, 0.6) is 0 Å². The molecule has 0 fully saturated rings. The van der Waals surface area contributed by atoms with Crippen LogP contribution in [0, 0.1) is 5.82 Å². The molecular weight excluding hydrogens is 271 g/mol. The van der Waals surface area contributed by atoms with Crippen molar-refractivity contribution in [3.05, 3.63) is 24.0 Å². The van der Waals surface area contributed by atoms with Crippen LogP contribution in [0.2, 0.25) is 0 Å². The van der Waals surface area contributed by atoms with Crippen molar-refractivity contribution in [1.82, 2.24) is 4.72 Å². The van der Waals surface area contributed by atoms with Gasteiger partial charge in [-0.25, -0.2) is 17.5 Å². The minimum absolute atomic E-state index is 0.0686. The van der Waals surface area contributed by atoms with Gasteiger partial charge in [-0.3, -0.25) is 0 Å². The minimum Gasteiger partial charge on any atom is -0.395 e. The lowest BCUT2D eigenvalue weighted by molar-refractivity contribution is -0.00514. The second kappa shape index (κ2) is 5.85. The molecule has 0 aliphatic carbocycles. The van der Waals surface area contributed by atoms with Crippen LogP contribution in [0.25, 0.3) is 0 Å². The monoisotopic (exact) mass is 290 g/mol. The summed E-state index contributed by atoms with van der Waals surface area (Å²) in [6.45, 7) is 5.87. The summed E-state index contributed by atoms with van der Waals surface area (Å²) in [7, 11) is -3.86. The number of benzene rings is 1. The van der Waals surface area contributed by atoms with Crippen LogP contribution in [-0.4, -0.2) is 27.2 Å². The summed E-state index contributed by atoms with van der Waals surface area (Å²) in [5.41, 5.74) is 4.41. The molecule has 1 aromatic rings. The lowest BCUT2D eigenvalue weighted by atomic mass is 10.1. The molecule has 0 atom stereocenters. The average Bonchev–Trinajstić information content (AvgIpc) is 2.30. The van der Waals surface area contributed by atoms with E-state index in [1.165, 1.54) is 12.1 Å². The zero-order chi connectivity index (χ0) is 14.7. The van der Waals surface area contributed by atoms with Crippen molar-refractivity contribution in [3.63, 3.8) is 0 Å². The molecule has 0 amide bonds. The van der Waals surface area contributed by atoms with E-state index in [1.807, 2.05) is 6.92 Å². The Hall–Kier alpha value is -1.18. The van der Waals surface area contributed by atoms with Crippen LogP contribution in [-0.2, 0) is 14.8 Å². The largest absolute Gasteiger partial charge is 0.395 e. The Balaban J connectivity index is 2.91. The van der Waals surface area contributed by atoms with Crippen molar-refractivity contribution in [2.75, 3.05) is 18.9 Å². The first-order chi connectivity index (χ1) is 8.69. The van der Waals surface area contributed by atoms with Crippen LogP contribution in [0.1, 0.15) is 20.8 Å². The van der Waals surface area contributed by atoms with Crippen LogP contribution < -0.4 is 10.5 Å². The molecule has 0 aliphatic heterocycles. The van der Waals surface area contributed by atoms with Crippen LogP contribution in [0.3, 0.4) is 0 Å². The summed E-state index contributed by atoms with van der Waals surface area (Å²) >= 11 is 0. The number of anilines is 1. The molecule has 0 saturated heterocycles. The lowest BCUT2D eigenvalue weighted by Gasteiger charge is -2.25. The smallest absolute Gasteiger partial charge is 0.242 e. The molecule has 0 unspecified atom stereocenters. The zero-order valence-electron chi connectivity index (χ0n) is 11.2. The summed E-state index contributed by atoms with van der Waals surface area (Å²) < 4.78 is 45.1. The van der Waals surface area contributed by atoms with Gasteiger partial charge in [-0.15, -0.1) is 0 Å². The van der Waals surface area contributed by atoms with Gasteiger partial charge in [0.25, 0.3) is 0 Å². The third-order valence-corrected chi connectivity index (χ3v) is 3.98. The third kappa shape index (κ3) is 4.15. The summed E-state index contributed by atoms with van der Waals surface area (Å²) in [6, 6.07) is 3.67. The minimum atomic E-state index is -3.86. The Labute approximate surface area is 113 Å². The van der Waals surface area contributed by atoms with E-state index < -0.39 is 21.4 Å². The summed E-state index contributed by atoms with van der Waals surface area (Å²) in [5.74, 6) is -0.757. The van der Waals surface area contributed by atoms with Gasteiger partial charge in [-0.2, -0.15) is 0 Å². The Bertz CT molecular complexity index is 544. The Morgan fingerprint density at radius 1 is 1.42 bits per heavy atom. The van der Waals surface area contributed by atoms with E-state index in [0.717, 1.165) is 6.07 Å². The number of hydrogen-bond acceptors (Lipinski definition) is 4. The number of hydrogen-bond donors (Lipinski definition) is 2. The van der Waals surface area contributed by atoms with Crippen LogP contribution in [0.4, 0.5) is 10.1 Å². The summed E-state index contributed by atoms with van der Waals surface area (Å²) in [5, 5.41) is 0. The van der Waals surface area contributed by atoms with Crippen LogP contribution >= 0.6 is 0 Å². The predicted molar refractivity (Wildman–Crippen MR) is 71.7 cm³/mol. The fourth-order valence-corrected chi connectivity index (χ4v) is 2.88. The van der Waals surface area contributed by atoms with Gasteiger partial charge in [-0.05, 0) is 32.9 Å². The summed E-state index contributed by atoms with van der Waals surface area (Å²) in [4.78, 5) is -0.264. The zero-order valence-corrected chi connectivity index (χ0v) is 12.1. The molecule has 0 saturated carbocycles. The Kier molecular flexibility index (Phi) is 4.89. The van der Waals surface area contributed by atoms with E-state index in [2.05, 4.69) is 4.72 Å². The van der Waals surface area contributed by atoms with E-state index in [0.29, 0.717) is 6.61 Å². The maximum atomic E-state index is 13.3. The third-order valence-electron chi connectivity index (χ3n) is 2.53. The van der Waals surface area contributed by atoms with Gasteiger partial charge in [0.2, 0.25) is 10.0 Å². The molecule has 0 spiro atoms. The average molecular weight is 290 g/mol. The topological polar surface area (TPSA) is 81.4 Å². The Morgan fingerprint density at radius 3 is 2.63 bits per heavy atom. The quantitative estimate of drug-likeness (QED) is 0.778. The lowest BCUT2D eigenvalue weighted by Crippen LogP contribution is -2.40. The first kappa shape index (κ1) is 15.9. The normalized spacial score (nSPS) is 12.6. The molecule has 7 heteroatoms. The van der Waals surface area contributed by atoms with Crippen LogP contribution in [0.15, 0.2) is 23.1 Å². The maximum Gasteiger partial charge on any atom is 0.242 e. The van der Waals surface area contributed by atoms with Gasteiger partial charge >= 0.3 is 0 Å². The highest BCUT2D eigenvalue weighted by atomic mass is 32.2. The molecule has 19 heavy (non-hydrogen) atoms. The van der Waals surface area contributed by atoms with Crippen molar-refractivity contribution in [2.45, 2.75) is 31.3 Å². The fraction of sp³-hybridized carbons (Fsp3) is 0.500. The van der Waals surface area contributed by atoms with Crippen molar-refractivity contribution in [3.8, 4) is 0 Å². The number of nitrogens with two attached hydrogens (primary N) is 1. The standard InChI is InChI=1S/C12H19FN2O3S/c1-4-18-12(2,3)8-15-19(16,17)10-7-5-6-9(13)11(10)14/h5-7,15H,4,8,14H2,1-3H3. The predicted octanol–water partition coefficient (Wildman–Crippen LogP) is 1.50. The van der Waals surface area contributed by atoms with Gasteiger partial charge in [0.05, 0.1) is 11.3 Å². The molecule has 1 aromatic carbocycles. The van der Waals surface area contributed by atoms with Gasteiger partial charge in [0, 0.05) is 13.2 Å². The molecule has 0 bridgehead atoms. The molecule has 0 heterocycles. The number of sulfonamides is 1. The molecule has 0 aromatic heterocycles. The molecular formula is C12H19FN2O3S. The molecule has 0 aliphatic rings. The van der Waals surface area contributed by atoms with Gasteiger partial charge in [0.1, 0.15) is 10.7 Å². The fourth-order valence-electron chi connectivity index (χ4n) is 1.54. The highest BCUT2D eigenvalue weighted by Gasteiger charge is 2.24. The van der Waals surface area contributed by atoms with Crippen molar-refractivity contribution >= 4 is 15.7 Å². The van der Waals surface area contributed by atoms with Crippen molar-refractivity contribution in [2.24, 2.45) is 0 Å². The number of para-hydroxylation sites is 1. The first-order valence-corrected chi connectivity index (χ1v) is 7.35. The summed E-state index contributed by atoms with van der Waals surface area (Å²) in [6.07, 6.45) is 0. The molecule has 0 radical (unpaired) electrons. The SMILES string of the molecule is CCOC(C)(C)CNS(=O)(=O)c1cccc(F)c1N. The number of rotatable bonds is 6. The first-order valence-electron chi connectivity index (χ1n) is 5.87. The maximum absolute atomic E-state index is 13.3. The highest BCUT2D eigenvalue weighted by Crippen LogP contribution is 2.21. The molecule has 1 rings (SSSR count). The van der Waals surface area contributed by atoms with E-state index in [-0.39, 0.29) is 17.1 Å². The van der Waals surface area contributed by atoms with E-state index >= 15 is 0 Å². The second-order valence-electron chi connectivity index (χ2n) is 4.67. The van der Waals surface area contributed by atoms with Crippen molar-refractivity contribution < 1.29 is 17.5 Å². The molecule has 3 N–H and O–H groups in total. The van der Waals surface area contributed by atoms with E-state index in [1.54, 1.807) is 13.8 Å². The van der Waals surface area contributed by atoms with Crippen molar-refractivity contribution in [1.29, 1.82) is 0 Å². The number of nitrogens with one attached hydrogen (secondary N) is 1. The van der Waals surface area contributed by atoms with Gasteiger partial charge in [-0.1, -0.05) is 6.07 Å². The second-order valence-corrected chi connectivity index (χ2v) is 6.40. The van der Waals surface area contributed by atoms with E-state index in [4.69, 9.17) is 10.5 Å². The number of ether oxygens (including phenoxy) is 1. The molecule has 108 valence electrons. The number of halogens is 1. The number of nitrogen functional groups attached to an aromatic ring is 1. The van der Waals surface area contributed by atoms with Gasteiger partial charge < -0.3 is 10.5 Å². The molecule has 5 nitrogen and oxygen atoms in total. The van der Waals surface area contributed by atoms with Gasteiger partial charge in [0.15, 0.2) is 0 Å². The van der Waals surface area contributed by atoms with E-state index in [9.17, 15) is 12.8 Å². The Morgan fingerprint density at radius 2 is 2.05 bits per heavy atom.